The monoisotopic (exact) mass is 315 g/mol. The van der Waals surface area contributed by atoms with E-state index in [2.05, 4.69) is 20.7 Å². The lowest BCUT2D eigenvalue weighted by atomic mass is 10.1. The summed E-state index contributed by atoms with van der Waals surface area (Å²) in [6.07, 6.45) is 2.35. The maximum absolute atomic E-state index is 11.1. The second-order valence-corrected chi connectivity index (χ2v) is 4.12. The molecule has 0 aliphatic heterocycles. The van der Waals surface area contributed by atoms with Gasteiger partial charge >= 0.3 is 11.7 Å². The maximum Gasteiger partial charge on any atom is 0.330 e. The van der Waals surface area contributed by atoms with Crippen molar-refractivity contribution in [1.82, 2.24) is 0 Å². The molecule has 0 aliphatic carbocycles. The third-order valence-electron chi connectivity index (χ3n) is 1.97. The first-order chi connectivity index (χ1) is 8.45. The average molecular weight is 316 g/mol. The standard InChI is InChI=1S/C11H10BrNO5/c1-2-18-10(14)4-3-7-5-8(12)6-9(11(7)15)13(16)17/h3-6,15H,2H2,1H3/b4-3+. The van der Waals surface area contributed by atoms with E-state index in [1.807, 2.05) is 0 Å². The van der Waals surface area contributed by atoms with Gasteiger partial charge in [-0.15, -0.1) is 0 Å². The molecule has 0 aromatic heterocycles. The fourth-order valence-electron chi connectivity index (χ4n) is 1.22. The molecule has 1 rings (SSSR count). The number of ether oxygens (including phenoxy) is 1. The number of aromatic hydroxyl groups is 1. The van der Waals surface area contributed by atoms with Gasteiger partial charge < -0.3 is 9.84 Å². The van der Waals surface area contributed by atoms with Gasteiger partial charge in [-0.05, 0) is 19.1 Å². The largest absolute Gasteiger partial charge is 0.502 e. The molecule has 0 bridgehead atoms. The van der Waals surface area contributed by atoms with Gasteiger partial charge in [0, 0.05) is 22.2 Å². The van der Waals surface area contributed by atoms with Crippen LogP contribution >= 0.6 is 15.9 Å². The molecule has 0 unspecified atom stereocenters. The Morgan fingerprint density at radius 1 is 1.61 bits per heavy atom. The number of benzene rings is 1. The number of nitro benzene ring substituents is 1. The molecule has 7 heteroatoms. The third-order valence-corrected chi connectivity index (χ3v) is 2.42. The number of nitro groups is 1. The van der Waals surface area contributed by atoms with Gasteiger partial charge in [-0.25, -0.2) is 4.79 Å². The molecule has 0 fully saturated rings. The minimum atomic E-state index is -0.707. The first-order valence-corrected chi connectivity index (χ1v) is 5.76. The Balaban J connectivity index is 3.10. The van der Waals surface area contributed by atoms with Gasteiger partial charge in [0.15, 0.2) is 0 Å². The summed E-state index contributed by atoms with van der Waals surface area (Å²) in [6.45, 7) is 1.89. The van der Waals surface area contributed by atoms with Crippen molar-refractivity contribution in [3.8, 4) is 5.75 Å². The van der Waals surface area contributed by atoms with E-state index in [4.69, 9.17) is 0 Å². The number of hydrogen-bond acceptors (Lipinski definition) is 5. The van der Waals surface area contributed by atoms with E-state index in [1.165, 1.54) is 18.2 Å². The predicted octanol–water partition coefficient (Wildman–Crippen LogP) is 2.64. The Morgan fingerprint density at radius 2 is 2.28 bits per heavy atom. The van der Waals surface area contributed by atoms with Crippen LogP contribution in [0.15, 0.2) is 22.7 Å². The van der Waals surface area contributed by atoms with Crippen LogP contribution in [0.3, 0.4) is 0 Å². The van der Waals surface area contributed by atoms with Crippen LogP contribution in [-0.2, 0) is 9.53 Å². The van der Waals surface area contributed by atoms with Crippen LogP contribution in [0.5, 0.6) is 5.75 Å². The molecule has 0 amide bonds. The van der Waals surface area contributed by atoms with Crippen LogP contribution in [0.4, 0.5) is 5.69 Å². The normalized spacial score (nSPS) is 10.6. The van der Waals surface area contributed by atoms with Crippen molar-refractivity contribution in [3.63, 3.8) is 0 Å². The molecular formula is C11H10BrNO5. The van der Waals surface area contributed by atoms with E-state index in [-0.39, 0.29) is 12.2 Å². The summed E-state index contributed by atoms with van der Waals surface area (Å²) < 4.78 is 5.08. The molecule has 0 saturated heterocycles. The number of rotatable bonds is 4. The fourth-order valence-corrected chi connectivity index (χ4v) is 1.68. The van der Waals surface area contributed by atoms with Crippen molar-refractivity contribution in [1.29, 1.82) is 0 Å². The highest BCUT2D eigenvalue weighted by Gasteiger charge is 2.17. The van der Waals surface area contributed by atoms with Crippen LogP contribution in [0, 0.1) is 10.1 Å². The third kappa shape index (κ3) is 3.56. The molecule has 0 atom stereocenters. The number of halogens is 1. The smallest absolute Gasteiger partial charge is 0.330 e. The van der Waals surface area contributed by atoms with Crippen molar-refractivity contribution >= 4 is 33.7 Å². The Hall–Kier alpha value is -1.89. The number of carbonyl (C=O) groups is 1. The van der Waals surface area contributed by atoms with Crippen LogP contribution in [-0.4, -0.2) is 22.6 Å². The first-order valence-electron chi connectivity index (χ1n) is 4.97. The van der Waals surface area contributed by atoms with E-state index in [0.29, 0.717) is 4.47 Å². The number of nitrogens with zero attached hydrogens (tertiary/aromatic N) is 1. The predicted molar refractivity (Wildman–Crippen MR) is 68.1 cm³/mol. The number of phenolic OH excluding ortho intramolecular Hbond substituents is 1. The van der Waals surface area contributed by atoms with Crippen molar-refractivity contribution in [3.05, 3.63) is 38.4 Å². The highest BCUT2D eigenvalue weighted by atomic mass is 79.9. The second-order valence-electron chi connectivity index (χ2n) is 3.21. The van der Waals surface area contributed by atoms with E-state index >= 15 is 0 Å². The molecule has 0 aliphatic rings. The summed E-state index contributed by atoms with van der Waals surface area (Å²) in [5.74, 6) is -1.08. The zero-order chi connectivity index (χ0) is 13.7. The quantitative estimate of drug-likeness (QED) is 0.399. The maximum atomic E-state index is 11.1. The minimum absolute atomic E-state index is 0.157. The molecule has 6 nitrogen and oxygen atoms in total. The molecule has 18 heavy (non-hydrogen) atoms. The molecule has 0 heterocycles. The Kier molecular flexibility index (Phi) is 4.85. The van der Waals surface area contributed by atoms with Gasteiger partial charge in [0.2, 0.25) is 5.75 Å². The van der Waals surface area contributed by atoms with E-state index in [1.54, 1.807) is 6.92 Å². The molecule has 1 aromatic rings. The van der Waals surface area contributed by atoms with Crippen molar-refractivity contribution in [2.45, 2.75) is 6.92 Å². The Morgan fingerprint density at radius 3 is 2.83 bits per heavy atom. The van der Waals surface area contributed by atoms with Crippen LogP contribution in [0.1, 0.15) is 12.5 Å². The van der Waals surface area contributed by atoms with Gasteiger partial charge in [0.25, 0.3) is 0 Å². The summed E-state index contributed by atoms with van der Waals surface area (Å²) in [4.78, 5) is 21.1. The summed E-state index contributed by atoms with van der Waals surface area (Å²) in [7, 11) is 0. The van der Waals surface area contributed by atoms with Crippen molar-refractivity contribution < 1.29 is 19.6 Å². The molecule has 0 saturated carbocycles. The average Bonchev–Trinajstić information content (AvgIpc) is 2.30. The summed E-state index contributed by atoms with van der Waals surface area (Å²) in [6, 6.07) is 2.63. The van der Waals surface area contributed by atoms with Crippen LogP contribution < -0.4 is 0 Å². The Labute approximate surface area is 111 Å². The first kappa shape index (κ1) is 14.2. The number of carbonyl (C=O) groups excluding carboxylic acids is 1. The molecule has 0 spiro atoms. The van der Waals surface area contributed by atoms with E-state index in [9.17, 15) is 20.0 Å². The lowest BCUT2D eigenvalue weighted by Crippen LogP contribution is -1.98. The Bertz CT molecular complexity index is 512. The summed E-state index contributed by atoms with van der Waals surface area (Å²) in [5, 5.41) is 20.3. The zero-order valence-electron chi connectivity index (χ0n) is 9.42. The molecule has 1 N–H and O–H groups in total. The molecule has 0 radical (unpaired) electrons. The van der Waals surface area contributed by atoms with Gasteiger partial charge in [-0.2, -0.15) is 0 Å². The highest BCUT2D eigenvalue weighted by molar-refractivity contribution is 9.10. The molecule has 1 aromatic carbocycles. The summed E-state index contributed by atoms with van der Waals surface area (Å²) in [5.41, 5.74) is -0.281. The van der Waals surface area contributed by atoms with E-state index in [0.717, 1.165) is 6.08 Å². The van der Waals surface area contributed by atoms with Gasteiger partial charge in [-0.3, -0.25) is 10.1 Å². The van der Waals surface area contributed by atoms with Crippen molar-refractivity contribution in [2.75, 3.05) is 6.61 Å². The number of esters is 1. The topological polar surface area (TPSA) is 89.7 Å². The lowest BCUT2D eigenvalue weighted by molar-refractivity contribution is -0.385. The lowest BCUT2D eigenvalue weighted by Gasteiger charge is -2.02. The molecular weight excluding hydrogens is 306 g/mol. The number of phenols is 1. The highest BCUT2D eigenvalue weighted by Crippen LogP contribution is 2.34. The van der Waals surface area contributed by atoms with Gasteiger partial charge in [0.05, 0.1) is 11.5 Å². The summed E-state index contributed by atoms with van der Waals surface area (Å²) >= 11 is 3.09. The van der Waals surface area contributed by atoms with Gasteiger partial charge in [-0.1, -0.05) is 15.9 Å². The van der Waals surface area contributed by atoms with Gasteiger partial charge in [0.1, 0.15) is 0 Å². The fraction of sp³-hybridized carbons (Fsp3) is 0.182. The van der Waals surface area contributed by atoms with Crippen molar-refractivity contribution in [2.24, 2.45) is 0 Å². The number of hydrogen-bond donors (Lipinski definition) is 1. The zero-order valence-corrected chi connectivity index (χ0v) is 11.0. The SMILES string of the molecule is CCOC(=O)/C=C/c1cc(Br)cc([N+](=O)[O-])c1O. The van der Waals surface area contributed by atoms with Crippen LogP contribution in [0.2, 0.25) is 0 Å². The second kappa shape index (κ2) is 6.15. The minimum Gasteiger partial charge on any atom is -0.502 e. The van der Waals surface area contributed by atoms with E-state index < -0.39 is 22.3 Å². The molecule has 96 valence electrons. The van der Waals surface area contributed by atoms with Crippen LogP contribution in [0.25, 0.3) is 6.08 Å².